The second kappa shape index (κ2) is 4.29. The molecule has 2 N–H and O–H groups in total. The molecule has 0 aliphatic carbocycles. The summed E-state index contributed by atoms with van der Waals surface area (Å²) in [6.45, 7) is 1.91. The summed E-state index contributed by atoms with van der Waals surface area (Å²) >= 11 is 5.72. The molecule has 64 valence electrons. The molecule has 5 heteroatoms. The van der Waals surface area contributed by atoms with E-state index in [0.717, 1.165) is 11.1 Å². The molecule has 0 aliphatic heterocycles. The zero-order chi connectivity index (χ0) is 8.72. The molecule has 2 aromatic rings. The van der Waals surface area contributed by atoms with Crippen molar-refractivity contribution in [1.29, 1.82) is 0 Å². The summed E-state index contributed by atoms with van der Waals surface area (Å²) in [7, 11) is 0. The van der Waals surface area contributed by atoms with Crippen LogP contribution in [0.3, 0.4) is 0 Å². The van der Waals surface area contributed by atoms with Gasteiger partial charge in [-0.1, -0.05) is 11.6 Å². The molecular weight excluding hydrogens is 215 g/mol. The van der Waals surface area contributed by atoms with Crippen LogP contribution in [0.1, 0.15) is 5.56 Å². The van der Waals surface area contributed by atoms with Gasteiger partial charge in [0.2, 0.25) is 0 Å². The van der Waals surface area contributed by atoms with E-state index in [2.05, 4.69) is 9.97 Å². The van der Waals surface area contributed by atoms with Crippen LogP contribution in [-0.4, -0.2) is 66.5 Å². The summed E-state index contributed by atoms with van der Waals surface area (Å²) in [5, 5.41) is 9.71. The predicted octanol–water partition coefficient (Wildman–Crippen LogP) is 1.58. The Hall–Kier alpha value is 0.416. The number of nitrogens with zero attached hydrogens (tertiary/aromatic N) is 1. The van der Waals surface area contributed by atoms with Crippen LogP contribution in [0.15, 0.2) is 12.3 Å². The number of aromatic amines is 1. The zero-order valence-electron chi connectivity index (χ0n) is 6.43. The standard InChI is InChI=1S/C8H7ClN2O.K.H/c1-4-2-6(9)11-8-5(12)3-10-7(4)8;;/h2-3,10,12H,1H3;;. The number of fused-ring (bicyclic) bond motifs is 1. The normalized spacial score (nSPS) is 10.0. The average Bonchev–Trinajstić information content (AvgIpc) is 2.33. The number of hydrogen-bond donors (Lipinski definition) is 2. The van der Waals surface area contributed by atoms with Crippen molar-refractivity contribution in [2.45, 2.75) is 6.92 Å². The van der Waals surface area contributed by atoms with Crippen molar-refractivity contribution < 1.29 is 5.11 Å². The molecule has 0 saturated carbocycles. The Morgan fingerprint density at radius 2 is 2.23 bits per heavy atom. The zero-order valence-corrected chi connectivity index (χ0v) is 7.18. The van der Waals surface area contributed by atoms with Gasteiger partial charge in [-0.25, -0.2) is 4.98 Å². The van der Waals surface area contributed by atoms with Crippen molar-refractivity contribution >= 4 is 74.0 Å². The van der Waals surface area contributed by atoms with Gasteiger partial charge in [0.15, 0.2) is 5.75 Å². The maximum atomic E-state index is 9.31. The molecule has 0 unspecified atom stereocenters. The predicted molar refractivity (Wildman–Crippen MR) is 54.7 cm³/mol. The van der Waals surface area contributed by atoms with E-state index in [9.17, 15) is 5.11 Å². The van der Waals surface area contributed by atoms with Gasteiger partial charge in [-0.05, 0) is 18.6 Å². The number of rotatable bonds is 0. The van der Waals surface area contributed by atoms with Crippen LogP contribution in [-0.2, 0) is 0 Å². The van der Waals surface area contributed by atoms with E-state index in [-0.39, 0.29) is 57.1 Å². The summed E-state index contributed by atoms with van der Waals surface area (Å²) in [5.74, 6) is 0.135. The fraction of sp³-hybridized carbons (Fsp3) is 0.125. The van der Waals surface area contributed by atoms with Crippen LogP contribution in [0.25, 0.3) is 11.0 Å². The van der Waals surface area contributed by atoms with Gasteiger partial charge in [0.25, 0.3) is 0 Å². The van der Waals surface area contributed by atoms with E-state index in [1.165, 1.54) is 6.20 Å². The van der Waals surface area contributed by atoms with Crippen LogP contribution in [0, 0.1) is 6.92 Å². The van der Waals surface area contributed by atoms with E-state index >= 15 is 0 Å². The molecule has 0 radical (unpaired) electrons. The van der Waals surface area contributed by atoms with Crippen LogP contribution in [0.5, 0.6) is 5.75 Å². The Labute approximate surface area is 123 Å². The van der Waals surface area contributed by atoms with Gasteiger partial charge in [0, 0.05) is 6.20 Å². The molecule has 0 bridgehead atoms. The van der Waals surface area contributed by atoms with Gasteiger partial charge in [-0.3, -0.25) is 0 Å². The molecule has 13 heavy (non-hydrogen) atoms. The van der Waals surface area contributed by atoms with Gasteiger partial charge in [-0.15, -0.1) is 0 Å². The summed E-state index contributed by atoms with van der Waals surface area (Å²) < 4.78 is 0. The second-order valence-electron chi connectivity index (χ2n) is 2.66. The van der Waals surface area contributed by atoms with Gasteiger partial charge in [-0.2, -0.15) is 0 Å². The molecular formula is C8H8ClKN2O. The molecule has 0 aliphatic rings. The van der Waals surface area contributed by atoms with Gasteiger partial charge >= 0.3 is 51.4 Å². The summed E-state index contributed by atoms with van der Waals surface area (Å²) in [6, 6.07) is 1.75. The number of hydrogen-bond acceptors (Lipinski definition) is 2. The molecule has 0 spiro atoms. The Kier molecular flexibility index (Phi) is 3.79. The number of pyridine rings is 1. The first-order valence-electron chi connectivity index (χ1n) is 3.51. The molecule has 0 amide bonds. The van der Waals surface area contributed by atoms with E-state index in [4.69, 9.17) is 11.6 Å². The molecule has 2 heterocycles. The number of halogens is 1. The molecule has 0 saturated heterocycles. The fourth-order valence-corrected chi connectivity index (χ4v) is 1.46. The molecule has 2 aromatic heterocycles. The van der Waals surface area contributed by atoms with Crippen LogP contribution in [0.2, 0.25) is 5.15 Å². The number of aromatic hydroxyl groups is 1. The van der Waals surface area contributed by atoms with Gasteiger partial charge in [0.1, 0.15) is 10.7 Å². The Bertz CT molecular complexity index is 441. The van der Waals surface area contributed by atoms with Crippen molar-refractivity contribution in [3.63, 3.8) is 0 Å². The average molecular weight is 223 g/mol. The number of aryl methyl sites for hydroxylation is 1. The van der Waals surface area contributed by atoms with E-state index in [1.54, 1.807) is 6.07 Å². The van der Waals surface area contributed by atoms with Crippen molar-refractivity contribution in [2.24, 2.45) is 0 Å². The third-order valence-corrected chi connectivity index (χ3v) is 1.97. The summed E-state index contributed by atoms with van der Waals surface area (Å²) in [4.78, 5) is 6.89. The summed E-state index contributed by atoms with van der Waals surface area (Å²) in [5.41, 5.74) is 2.34. The van der Waals surface area contributed by atoms with Crippen molar-refractivity contribution in [2.75, 3.05) is 0 Å². The SMILES string of the molecule is Cc1cc(Cl)nc2c(O)c[nH]c12.[KH]. The van der Waals surface area contributed by atoms with E-state index < -0.39 is 0 Å². The summed E-state index contributed by atoms with van der Waals surface area (Å²) in [6.07, 6.45) is 1.50. The van der Waals surface area contributed by atoms with Crippen molar-refractivity contribution in [1.82, 2.24) is 9.97 Å². The maximum absolute atomic E-state index is 9.31. The molecule has 3 nitrogen and oxygen atoms in total. The first-order valence-corrected chi connectivity index (χ1v) is 3.89. The molecule has 0 atom stereocenters. The van der Waals surface area contributed by atoms with Crippen molar-refractivity contribution in [3.8, 4) is 5.75 Å². The second-order valence-corrected chi connectivity index (χ2v) is 3.05. The Morgan fingerprint density at radius 1 is 1.54 bits per heavy atom. The monoisotopic (exact) mass is 222 g/mol. The van der Waals surface area contributed by atoms with Crippen LogP contribution in [0.4, 0.5) is 0 Å². The van der Waals surface area contributed by atoms with Crippen LogP contribution >= 0.6 is 11.6 Å². The number of aromatic nitrogens is 2. The third kappa shape index (κ3) is 2.09. The molecule has 2 rings (SSSR count). The Morgan fingerprint density at radius 3 is 2.92 bits per heavy atom. The van der Waals surface area contributed by atoms with Crippen molar-refractivity contribution in [3.05, 3.63) is 23.0 Å². The first-order chi connectivity index (χ1) is 5.68. The Balaban J connectivity index is 0.000000845. The minimum absolute atomic E-state index is 0. The van der Waals surface area contributed by atoms with E-state index in [1.807, 2.05) is 6.92 Å². The van der Waals surface area contributed by atoms with Crippen LogP contribution < -0.4 is 0 Å². The quantitative estimate of drug-likeness (QED) is 0.525. The minimum atomic E-state index is 0. The van der Waals surface area contributed by atoms with E-state index in [0.29, 0.717) is 10.7 Å². The third-order valence-electron chi connectivity index (χ3n) is 1.78. The fourth-order valence-electron chi connectivity index (χ4n) is 1.21. The topological polar surface area (TPSA) is 48.9 Å². The number of nitrogens with one attached hydrogen (secondary N) is 1. The first kappa shape index (κ1) is 11.5. The number of H-pyrrole nitrogens is 1. The van der Waals surface area contributed by atoms with Gasteiger partial charge in [0.05, 0.1) is 5.52 Å². The molecule has 0 fully saturated rings. The molecule has 0 aromatic carbocycles. The van der Waals surface area contributed by atoms with Gasteiger partial charge < -0.3 is 10.1 Å².